The van der Waals surface area contributed by atoms with Crippen LogP contribution in [0.2, 0.25) is 0 Å². The van der Waals surface area contributed by atoms with Crippen LogP contribution in [0.3, 0.4) is 0 Å². The van der Waals surface area contributed by atoms with Gasteiger partial charge in [-0.25, -0.2) is 0 Å². The van der Waals surface area contributed by atoms with E-state index in [-0.39, 0.29) is 5.23 Å². The predicted molar refractivity (Wildman–Crippen MR) is 40.6 cm³/mol. The van der Waals surface area contributed by atoms with Crippen LogP contribution in [0.15, 0.2) is 0 Å². The lowest BCUT2D eigenvalue weighted by atomic mass is 10.5. The molecule has 0 aliphatic carbocycles. The molecule has 3 nitrogen and oxygen atoms in total. The highest BCUT2D eigenvalue weighted by Gasteiger charge is 1.95. The maximum atomic E-state index is 6.99. The van der Waals surface area contributed by atoms with Crippen LogP contribution in [0.5, 0.6) is 0 Å². The average molecular weight is 146 g/mol. The number of rotatable bonds is 2. The Morgan fingerprint density at radius 2 is 2.11 bits per heavy atom. The lowest BCUT2D eigenvalue weighted by Crippen LogP contribution is -1.99. The van der Waals surface area contributed by atoms with Crippen molar-refractivity contribution < 1.29 is 4.74 Å². The molecule has 0 aliphatic rings. The number of hydrogen-bond acceptors (Lipinski definition) is 4. The van der Waals surface area contributed by atoms with Crippen LogP contribution in [0.1, 0.15) is 6.92 Å². The van der Waals surface area contributed by atoms with E-state index in [0.29, 0.717) is 11.5 Å². The SMILES string of the molecule is COC(=N)SCC(C)=N. The Hall–Kier alpha value is -0.510. The smallest absolute Gasteiger partial charge is 0.242 e. The predicted octanol–water partition coefficient (Wildman–Crippen LogP) is 1.34. The number of nitrogens with one attached hydrogen (secondary N) is 2. The van der Waals surface area contributed by atoms with Crippen LogP contribution < -0.4 is 0 Å². The quantitative estimate of drug-likeness (QED) is 0.456. The summed E-state index contributed by atoms with van der Waals surface area (Å²) in [5, 5.41) is 14.1. The van der Waals surface area contributed by atoms with Gasteiger partial charge < -0.3 is 10.1 Å². The second-order valence-electron chi connectivity index (χ2n) is 1.56. The lowest BCUT2D eigenvalue weighted by molar-refractivity contribution is 0.413. The normalized spacial score (nSPS) is 8.67. The standard InChI is InChI=1S/C5H10N2OS/c1-4(6)3-9-5(7)8-2/h6-7H,3H2,1-2H3. The number of ether oxygens (including phenoxy) is 1. The van der Waals surface area contributed by atoms with Gasteiger partial charge in [0.15, 0.2) is 0 Å². The summed E-state index contributed by atoms with van der Waals surface area (Å²) in [5.41, 5.74) is 0.557. The van der Waals surface area contributed by atoms with Crippen LogP contribution >= 0.6 is 11.8 Å². The second kappa shape index (κ2) is 4.38. The van der Waals surface area contributed by atoms with E-state index in [2.05, 4.69) is 4.74 Å². The average Bonchev–Trinajstić information content (AvgIpc) is 1.83. The molecule has 2 N–H and O–H groups in total. The van der Waals surface area contributed by atoms with E-state index in [0.717, 1.165) is 0 Å². The Balaban J connectivity index is 3.28. The highest BCUT2D eigenvalue weighted by Crippen LogP contribution is 2.01. The first-order valence-corrected chi connectivity index (χ1v) is 3.44. The first-order chi connectivity index (χ1) is 4.16. The van der Waals surface area contributed by atoms with Crippen LogP contribution in [-0.4, -0.2) is 23.8 Å². The molecule has 0 amide bonds. The molecular formula is C5H10N2OS. The summed E-state index contributed by atoms with van der Waals surface area (Å²) < 4.78 is 4.55. The minimum Gasteiger partial charge on any atom is -0.477 e. The van der Waals surface area contributed by atoms with Crippen molar-refractivity contribution in [1.29, 1.82) is 10.8 Å². The van der Waals surface area contributed by atoms with E-state index in [1.807, 2.05) is 0 Å². The highest BCUT2D eigenvalue weighted by molar-refractivity contribution is 8.13. The minimum absolute atomic E-state index is 0.168. The van der Waals surface area contributed by atoms with Crippen molar-refractivity contribution in [2.45, 2.75) is 6.92 Å². The molecule has 4 heteroatoms. The Bertz CT molecular complexity index is 124. The highest BCUT2D eigenvalue weighted by atomic mass is 32.2. The molecular weight excluding hydrogens is 136 g/mol. The molecule has 0 rings (SSSR count). The lowest BCUT2D eigenvalue weighted by Gasteiger charge is -1.98. The van der Waals surface area contributed by atoms with Crippen molar-refractivity contribution in [3.8, 4) is 0 Å². The second-order valence-corrected chi connectivity index (χ2v) is 2.51. The van der Waals surface area contributed by atoms with Crippen molar-refractivity contribution in [1.82, 2.24) is 0 Å². The summed E-state index contributed by atoms with van der Waals surface area (Å²) in [6.45, 7) is 1.70. The van der Waals surface area contributed by atoms with Gasteiger partial charge in [0, 0.05) is 11.5 Å². The van der Waals surface area contributed by atoms with E-state index < -0.39 is 0 Å². The summed E-state index contributed by atoms with van der Waals surface area (Å²) >= 11 is 1.22. The van der Waals surface area contributed by atoms with E-state index in [4.69, 9.17) is 10.8 Å². The molecule has 0 fully saturated rings. The van der Waals surface area contributed by atoms with Gasteiger partial charge >= 0.3 is 0 Å². The molecule has 0 unspecified atom stereocenters. The molecule has 0 aromatic rings. The molecule has 0 spiro atoms. The summed E-state index contributed by atoms with van der Waals surface area (Å²) in [5.74, 6) is 0.548. The maximum Gasteiger partial charge on any atom is 0.242 e. The zero-order chi connectivity index (χ0) is 7.28. The van der Waals surface area contributed by atoms with Crippen LogP contribution in [0.4, 0.5) is 0 Å². The van der Waals surface area contributed by atoms with E-state index in [1.165, 1.54) is 18.9 Å². The van der Waals surface area contributed by atoms with Gasteiger partial charge in [-0.15, -0.1) is 0 Å². The van der Waals surface area contributed by atoms with E-state index >= 15 is 0 Å². The van der Waals surface area contributed by atoms with Crippen LogP contribution in [0, 0.1) is 10.8 Å². The van der Waals surface area contributed by atoms with Crippen molar-refractivity contribution in [2.24, 2.45) is 0 Å². The Labute approximate surface area is 58.8 Å². The van der Waals surface area contributed by atoms with E-state index in [1.54, 1.807) is 6.92 Å². The minimum atomic E-state index is 0.168. The Kier molecular flexibility index (Phi) is 4.13. The van der Waals surface area contributed by atoms with Gasteiger partial charge in [-0.05, 0) is 6.92 Å². The van der Waals surface area contributed by atoms with Gasteiger partial charge in [0.2, 0.25) is 5.23 Å². The monoisotopic (exact) mass is 146 g/mol. The third-order valence-electron chi connectivity index (χ3n) is 0.605. The molecule has 0 aromatic carbocycles. The molecule has 0 aliphatic heterocycles. The van der Waals surface area contributed by atoms with Crippen molar-refractivity contribution in [3.05, 3.63) is 0 Å². The van der Waals surface area contributed by atoms with Gasteiger partial charge in [-0.3, -0.25) is 5.41 Å². The molecule has 0 aromatic heterocycles. The molecule has 0 atom stereocenters. The van der Waals surface area contributed by atoms with Crippen LogP contribution in [-0.2, 0) is 4.74 Å². The summed E-state index contributed by atoms with van der Waals surface area (Å²) in [6.07, 6.45) is 0. The van der Waals surface area contributed by atoms with E-state index in [9.17, 15) is 0 Å². The maximum absolute atomic E-state index is 6.99. The van der Waals surface area contributed by atoms with Gasteiger partial charge in [-0.1, -0.05) is 11.8 Å². The Morgan fingerprint density at radius 1 is 1.56 bits per heavy atom. The number of thioether (sulfide) groups is 1. The Morgan fingerprint density at radius 3 is 2.44 bits per heavy atom. The fourth-order valence-corrected chi connectivity index (χ4v) is 0.698. The molecule has 52 valence electrons. The van der Waals surface area contributed by atoms with Crippen molar-refractivity contribution in [3.63, 3.8) is 0 Å². The first-order valence-electron chi connectivity index (χ1n) is 2.46. The number of hydrogen-bond donors (Lipinski definition) is 2. The van der Waals surface area contributed by atoms with Crippen LogP contribution in [0.25, 0.3) is 0 Å². The molecule has 0 radical (unpaired) electrons. The van der Waals surface area contributed by atoms with Crippen molar-refractivity contribution in [2.75, 3.05) is 12.9 Å². The van der Waals surface area contributed by atoms with Gasteiger partial charge in [0.25, 0.3) is 0 Å². The zero-order valence-corrected chi connectivity index (χ0v) is 6.34. The summed E-state index contributed by atoms with van der Waals surface area (Å²) in [6, 6.07) is 0. The third-order valence-corrected chi connectivity index (χ3v) is 1.61. The number of methoxy groups -OCH3 is 1. The zero-order valence-electron chi connectivity index (χ0n) is 5.52. The largest absolute Gasteiger partial charge is 0.477 e. The molecule has 0 bridgehead atoms. The summed E-state index contributed by atoms with van der Waals surface area (Å²) in [4.78, 5) is 0. The fourth-order valence-electron chi connectivity index (χ4n) is 0.233. The fraction of sp³-hybridized carbons (Fsp3) is 0.600. The molecule has 0 saturated heterocycles. The molecule has 9 heavy (non-hydrogen) atoms. The van der Waals surface area contributed by atoms with Gasteiger partial charge in [0.1, 0.15) is 0 Å². The molecule has 0 saturated carbocycles. The van der Waals surface area contributed by atoms with Crippen molar-refractivity contribution >= 4 is 22.7 Å². The van der Waals surface area contributed by atoms with Gasteiger partial charge in [0.05, 0.1) is 7.11 Å². The van der Waals surface area contributed by atoms with Gasteiger partial charge in [-0.2, -0.15) is 0 Å². The first kappa shape index (κ1) is 8.49. The molecule has 0 heterocycles. The topological polar surface area (TPSA) is 56.9 Å². The third kappa shape index (κ3) is 5.36. The summed E-state index contributed by atoms with van der Waals surface area (Å²) in [7, 11) is 1.45.